The summed E-state index contributed by atoms with van der Waals surface area (Å²) in [6.07, 6.45) is 1.68. The lowest BCUT2D eigenvalue weighted by molar-refractivity contribution is -0.122. The number of methoxy groups -OCH3 is 1. The van der Waals surface area contributed by atoms with Crippen molar-refractivity contribution in [3.05, 3.63) is 35.6 Å². The first-order chi connectivity index (χ1) is 9.65. The number of nitrogens with one attached hydrogen (secondary N) is 1. The first-order valence-corrected chi connectivity index (χ1v) is 7.94. The maximum atomic E-state index is 13.4. The van der Waals surface area contributed by atoms with Gasteiger partial charge in [0.2, 0.25) is 5.91 Å². The quantitative estimate of drug-likeness (QED) is 0.876. The van der Waals surface area contributed by atoms with E-state index in [4.69, 9.17) is 4.74 Å². The molecule has 0 saturated carbocycles. The average Bonchev–Trinajstić information content (AvgIpc) is 2.94. The summed E-state index contributed by atoms with van der Waals surface area (Å²) < 4.78 is 19.0. The van der Waals surface area contributed by atoms with Crippen LogP contribution in [0.2, 0.25) is 0 Å². The maximum absolute atomic E-state index is 13.4. The summed E-state index contributed by atoms with van der Waals surface area (Å²) in [5.74, 6) is 1.68. The van der Waals surface area contributed by atoms with Crippen LogP contribution in [0.1, 0.15) is 18.4 Å². The Hall–Kier alpha value is -1.07. The molecule has 1 fully saturated rings. The van der Waals surface area contributed by atoms with Crippen molar-refractivity contribution >= 4 is 17.7 Å². The number of rotatable bonds is 6. The van der Waals surface area contributed by atoms with E-state index in [2.05, 4.69) is 5.32 Å². The third kappa shape index (κ3) is 3.96. The highest BCUT2D eigenvalue weighted by Crippen LogP contribution is 2.30. The summed E-state index contributed by atoms with van der Waals surface area (Å²) in [7, 11) is 1.69. The number of benzene rings is 1. The Morgan fingerprint density at radius 3 is 2.95 bits per heavy atom. The molecule has 1 amide bonds. The van der Waals surface area contributed by atoms with E-state index in [-0.39, 0.29) is 17.3 Å². The molecule has 5 heteroatoms. The zero-order valence-corrected chi connectivity index (χ0v) is 12.5. The minimum Gasteiger partial charge on any atom is -0.376 e. The Bertz CT molecular complexity index is 461. The summed E-state index contributed by atoms with van der Waals surface area (Å²) in [4.78, 5) is 11.8. The highest BCUT2D eigenvalue weighted by molar-refractivity contribution is 7.99. The van der Waals surface area contributed by atoms with E-state index in [0.29, 0.717) is 24.9 Å². The highest BCUT2D eigenvalue weighted by atomic mass is 32.2. The van der Waals surface area contributed by atoms with Gasteiger partial charge in [-0.25, -0.2) is 4.39 Å². The summed E-state index contributed by atoms with van der Waals surface area (Å²) in [5.41, 5.74) is 0.360. The smallest absolute Gasteiger partial charge is 0.220 e. The van der Waals surface area contributed by atoms with Gasteiger partial charge in [-0.2, -0.15) is 11.8 Å². The molecule has 0 bridgehead atoms. The number of halogens is 1. The fourth-order valence-electron chi connectivity index (χ4n) is 2.26. The highest BCUT2D eigenvalue weighted by Gasteiger charge is 2.34. The van der Waals surface area contributed by atoms with Gasteiger partial charge in [-0.05, 0) is 30.2 Å². The molecule has 1 heterocycles. The van der Waals surface area contributed by atoms with Crippen LogP contribution in [0.3, 0.4) is 0 Å². The molecule has 20 heavy (non-hydrogen) atoms. The molecule has 0 aliphatic carbocycles. The molecule has 1 aromatic carbocycles. The summed E-state index contributed by atoms with van der Waals surface area (Å²) in [6.45, 7) is 0.534. The number of ether oxygens (including phenoxy) is 1. The predicted octanol–water partition coefficient (Wildman–Crippen LogP) is 2.40. The van der Waals surface area contributed by atoms with Crippen molar-refractivity contribution < 1.29 is 13.9 Å². The van der Waals surface area contributed by atoms with Crippen LogP contribution < -0.4 is 5.32 Å². The molecule has 0 radical (unpaired) electrons. The zero-order valence-electron chi connectivity index (χ0n) is 11.7. The molecule has 1 saturated heterocycles. The van der Waals surface area contributed by atoms with Crippen molar-refractivity contribution in [3.8, 4) is 0 Å². The minimum absolute atomic E-state index is 0.0541. The van der Waals surface area contributed by atoms with Crippen LogP contribution in [0, 0.1) is 5.82 Å². The number of hydrogen-bond donors (Lipinski definition) is 1. The van der Waals surface area contributed by atoms with Gasteiger partial charge in [0.05, 0.1) is 5.60 Å². The van der Waals surface area contributed by atoms with E-state index >= 15 is 0 Å². The van der Waals surface area contributed by atoms with E-state index in [9.17, 15) is 9.18 Å². The summed E-state index contributed by atoms with van der Waals surface area (Å²) >= 11 is 1.84. The fourth-order valence-corrected chi connectivity index (χ4v) is 3.66. The van der Waals surface area contributed by atoms with E-state index in [1.54, 1.807) is 25.3 Å². The lowest BCUT2D eigenvalue weighted by atomic mass is 10.0. The number of hydrogen-bond acceptors (Lipinski definition) is 3. The van der Waals surface area contributed by atoms with Gasteiger partial charge >= 0.3 is 0 Å². The Labute approximate surface area is 123 Å². The second kappa shape index (κ2) is 7.09. The Kier molecular flexibility index (Phi) is 5.43. The van der Waals surface area contributed by atoms with Crippen molar-refractivity contribution in [2.75, 3.05) is 25.2 Å². The van der Waals surface area contributed by atoms with Gasteiger partial charge in [-0.15, -0.1) is 0 Å². The third-order valence-electron chi connectivity index (χ3n) is 3.69. The van der Waals surface area contributed by atoms with E-state index in [0.717, 1.165) is 17.9 Å². The first kappa shape index (κ1) is 15.3. The van der Waals surface area contributed by atoms with Crippen LogP contribution in [0.5, 0.6) is 0 Å². The predicted molar refractivity (Wildman–Crippen MR) is 79.4 cm³/mol. The zero-order chi connectivity index (χ0) is 14.4. The fraction of sp³-hybridized carbons (Fsp3) is 0.533. The van der Waals surface area contributed by atoms with E-state index < -0.39 is 0 Å². The number of amides is 1. The van der Waals surface area contributed by atoms with Crippen LogP contribution >= 0.6 is 11.8 Å². The molecule has 2 rings (SSSR count). The minimum atomic E-state index is -0.249. The molecular weight excluding hydrogens is 277 g/mol. The van der Waals surface area contributed by atoms with Crippen LogP contribution in [0.15, 0.2) is 24.3 Å². The first-order valence-electron chi connectivity index (χ1n) is 6.78. The second-order valence-corrected chi connectivity index (χ2v) is 6.16. The van der Waals surface area contributed by atoms with Crippen LogP contribution in [-0.2, 0) is 16.0 Å². The normalized spacial score (nSPS) is 21.9. The Morgan fingerprint density at radius 2 is 2.30 bits per heavy atom. The van der Waals surface area contributed by atoms with Crippen LogP contribution in [0.4, 0.5) is 4.39 Å². The monoisotopic (exact) mass is 297 g/mol. The Balaban J connectivity index is 1.77. The molecule has 3 nitrogen and oxygen atoms in total. The van der Waals surface area contributed by atoms with Crippen LogP contribution in [0.25, 0.3) is 0 Å². The van der Waals surface area contributed by atoms with Crippen molar-refractivity contribution in [1.29, 1.82) is 0 Å². The summed E-state index contributed by atoms with van der Waals surface area (Å²) in [5, 5.41) is 2.91. The topological polar surface area (TPSA) is 38.3 Å². The molecule has 0 unspecified atom stereocenters. The largest absolute Gasteiger partial charge is 0.376 e. The SMILES string of the molecule is CO[C@@]1(CNC(=O)CCc2ccccc2F)CCSC1. The molecule has 0 spiro atoms. The lowest BCUT2D eigenvalue weighted by Crippen LogP contribution is -2.44. The molecule has 1 aromatic rings. The number of thioether (sulfide) groups is 1. The lowest BCUT2D eigenvalue weighted by Gasteiger charge is -2.26. The molecule has 1 atom stereocenters. The van der Waals surface area contributed by atoms with Gasteiger partial charge in [0.1, 0.15) is 5.82 Å². The number of carbonyl (C=O) groups excluding carboxylic acids is 1. The van der Waals surface area contributed by atoms with E-state index in [1.807, 2.05) is 11.8 Å². The maximum Gasteiger partial charge on any atom is 0.220 e. The van der Waals surface area contributed by atoms with E-state index in [1.165, 1.54) is 6.07 Å². The number of carbonyl (C=O) groups is 1. The molecule has 0 aromatic heterocycles. The van der Waals surface area contributed by atoms with Crippen molar-refractivity contribution in [1.82, 2.24) is 5.32 Å². The Morgan fingerprint density at radius 1 is 1.50 bits per heavy atom. The molecule has 1 aliphatic heterocycles. The third-order valence-corrected chi connectivity index (χ3v) is 4.91. The molecule has 1 N–H and O–H groups in total. The van der Waals surface area contributed by atoms with Crippen molar-refractivity contribution in [2.45, 2.75) is 24.9 Å². The van der Waals surface area contributed by atoms with Crippen molar-refractivity contribution in [2.24, 2.45) is 0 Å². The molecular formula is C15H20FNO2S. The van der Waals surface area contributed by atoms with Crippen LogP contribution in [-0.4, -0.2) is 36.7 Å². The van der Waals surface area contributed by atoms with Gasteiger partial charge in [0, 0.05) is 25.8 Å². The summed E-state index contributed by atoms with van der Waals surface area (Å²) in [6, 6.07) is 6.57. The number of aryl methyl sites for hydroxylation is 1. The van der Waals surface area contributed by atoms with Gasteiger partial charge in [-0.3, -0.25) is 4.79 Å². The molecule has 110 valence electrons. The second-order valence-electron chi connectivity index (χ2n) is 5.06. The standard InChI is InChI=1S/C15H20FNO2S/c1-19-15(8-9-20-11-15)10-17-14(18)7-6-12-4-2-3-5-13(12)16/h2-5H,6-11H2,1H3,(H,17,18)/t15-/m1/s1. The van der Waals surface area contributed by atoms with Gasteiger partial charge in [0.15, 0.2) is 0 Å². The van der Waals surface area contributed by atoms with Gasteiger partial charge in [-0.1, -0.05) is 18.2 Å². The average molecular weight is 297 g/mol. The van der Waals surface area contributed by atoms with Gasteiger partial charge in [0.25, 0.3) is 0 Å². The van der Waals surface area contributed by atoms with Gasteiger partial charge < -0.3 is 10.1 Å². The van der Waals surface area contributed by atoms with Crippen molar-refractivity contribution in [3.63, 3.8) is 0 Å². The molecule has 1 aliphatic rings.